The van der Waals surface area contributed by atoms with E-state index < -0.39 is 5.97 Å². The molecule has 2 rings (SSSR count). The van der Waals surface area contributed by atoms with Crippen LogP contribution in [-0.2, 0) is 0 Å². The number of ether oxygens (including phenoxy) is 1. The van der Waals surface area contributed by atoms with Gasteiger partial charge in [-0.25, -0.2) is 4.79 Å². The van der Waals surface area contributed by atoms with E-state index in [4.69, 9.17) is 9.84 Å². The molecule has 0 aliphatic carbocycles. The molecule has 2 aromatic rings. The molecule has 110 valence electrons. The highest BCUT2D eigenvalue weighted by Gasteiger charge is 2.08. The molecule has 0 heterocycles. The summed E-state index contributed by atoms with van der Waals surface area (Å²) in [6.45, 7) is 4.41. The first-order valence-corrected chi connectivity index (χ1v) is 7.71. The minimum absolute atomic E-state index is 0.361. The zero-order chi connectivity index (χ0) is 15.2. The van der Waals surface area contributed by atoms with Gasteiger partial charge in [0.1, 0.15) is 5.75 Å². The number of aromatic carboxylic acids is 1. The standard InChI is InChI=1S/C17H18O3S/c1-12-7-8-14(11-15(12)17(18)19)21-10-9-20-16-6-4-3-5-13(16)2/h3-8,11H,9-10H2,1-2H3,(H,18,19). The maximum Gasteiger partial charge on any atom is 0.335 e. The van der Waals surface area contributed by atoms with Crippen LogP contribution in [0.15, 0.2) is 47.4 Å². The van der Waals surface area contributed by atoms with Gasteiger partial charge in [0.2, 0.25) is 0 Å². The molecule has 0 saturated heterocycles. The van der Waals surface area contributed by atoms with Crippen LogP contribution in [0.4, 0.5) is 0 Å². The largest absolute Gasteiger partial charge is 0.492 e. The van der Waals surface area contributed by atoms with Crippen molar-refractivity contribution >= 4 is 17.7 Å². The number of carbonyl (C=O) groups is 1. The van der Waals surface area contributed by atoms with E-state index in [2.05, 4.69) is 0 Å². The predicted octanol–water partition coefficient (Wildman–Crippen LogP) is 4.17. The van der Waals surface area contributed by atoms with Gasteiger partial charge in [-0.3, -0.25) is 0 Å². The highest BCUT2D eigenvalue weighted by Crippen LogP contribution is 2.22. The number of aryl methyl sites for hydroxylation is 2. The number of benzene rings is 2. The molecule has 0 unspecified atom stereocenters. The summed E-state index contributed by atoms with van der Waals surface area (Å²) in [7, 11) is 0. The van der Waals surface area contributed by atoms with Crippen LogP contribution in [0.5, 0.6) is 5.75 Å². The second-order valence-corrected chi connectivity index (χ2v) is 5.91. The Balaban J connectivity index is 1.88. The summed E-state index contributed by atoms with van der Waals surface area (Å²) in [5.41, 5.74) is 2.26. The van der Waals surface area contributed by atoms with Crippen molar-refractivity contribution in [3.63, 3.8) is 0 Å². The van der Waals surface area contributed by atoms with Crippen LogP contribution in [0.25, 0.3) is 0 Å². The monoisotopic (exact) mass is 302 g/mol. The maximum atomic E-state index is 11.1. The van der Waals surface area contributed by atoms with Crippen molar-refractivity contribution in [1.82, 2.24) is 0 Å². The van der Waals surface area contributed by atoms with Crippen molar-refractivity contribution in [1.29, 1.82) is 0 Å². The van der Waals surface area contributed by atoms with Crippen molar-refractivity contribution in [3.8, 4) is 5.75 Å². The van der Waals surface area contributed by atoms with E-state index in [1.807, 2.05) is 43.3 Å². The van der Waals surface area contributed by atoms with Crippen molar-refractivity contribution in [3.05, 3.63) is 59.2 Å². The van der Waals surface area contributed by atoms with Gasteiger partial charge in [-0.15, -0.1) is 11.8 Å². The lowest BCUT2D eigenvalue weighted by Crippen LogP contribution is -2.02. The SMILES string of the molecule is Cc1ccccc1OCCSc1ccc(C)c(C(=O)O)c1. The van der Waals surface area contributed by atoms with Gasteiger partial charge in [0.05, 0.1) is 12.2 Å². The van der Waals surface area contributed by atoms with Crippen LogP contribution in [0.1, 0.15) is 21.5 Å². The molecule has 0 aliphatic heterocycles. The van der Waals surface area contributed by atoms with Gasteiger partial charge in [0, 0.05) is 10.6 Å². The molecule has 0 fully saturated rings. The van der Waals surface area contributed by atoms with Crippen LogP contribution in [0.3, 0.4) is 0 Å². The van der Waals surface area contributed by atoms with Crippen molar-refractivity contribution in [2.45, 2.75) is 18.7 Å². The summed E-state index contributed by atoms with van der Waals surface area (Å²) >= 11 is 1.60. The number of rotatable bonds is 6. The zero-order valence-corrected chi connectivity index (χ0v) is 12.9. The minimum Gasteiger partial charge on any atom is -0.492 e. The van der Waals surface area contributed by atoms with Crippen LogP contribution in [-0.4, -0.2) is 23.4 Å². The number of carboxylic acid groups (broad SMARTS) is 1. The fourth-order valence-electron chi connectivity index (χ4n) is 1.95. The average Bonchev–Trinajstić information content (AvgIpc) is 2.46. The lowest BCUT2D eigenvalue weighted by Gasteiger charge is -2.09. The molecule has 0 aliphatic rings. The molecule has 0 spiro atoms. The summed E-state index contributed by atoms with van der Waals surface area (Å²) in [5, 5.41) is 9.11. The third kappa shape index (κ3) is 4.26. The summed E-state index contributed by atoms with van der Waals surface area (Å²) in [6.07, 6.45) is 0. The predicted molar refractivity (Wildman–Crippen MR) is 85.5 cm³/mol. The Bertz CT molecular complexity index is 638. The minimum atomic E-state index is -0.883. The smallest absolute Gasteiger partial charge is 0.335 e. The molecule has 4 heteroatoms. The molecule has 1 N–H and O–H groups in total. The van der Waals surface area contributed by atoms with E-state index in [1.165, 1.54) is 0 Å². The third-order valence-electron chi connectivity index (χ3n) is 3.14. The molecular weight excluding hydrogens is 284 g/mol. The van der Waals surface area contributed by atoms with Crippen LogP contribution in [0.2, 0.25) is 0 Å². The first-order chi connectivity index (χ1) is 10.1. The molecule has 0 atom stereocenters. The third-order valence-corrected chi connectivity index (χ3v) is 4.10. The van der Waals surface area contributed by atoms with E-state index in [-0.39, 0.29) is 0 Å². The molecular formula is C17H18O3S. The Kier molecular flexibility index (Phi) is 5.28. The fourth-order valence-corrected chi connectivity index (χ4v) is 2.72. The summed E-state index contributed by atoms with van der Waals surface area (Å²) in [6, 6.07) is 13.4. The zero-order valence-electron chi connectivity index (χ0n) is 12.1. The Hall–Kier alpha value is -1.94. The fraction of sp³-hybridized carbons (Fsp3) is 0.235. The van der Waals surface area contributed by atoms with Crippen molar-refractivity contribution in [2.75, 3.05) is 12.4 Å². The second-order valence-electron chi connectivity index (χ2n) is 4.74. The molecule has 0 amide bonds. The number of para-hydroxylation sites is 1. The maximum absolute atomic E-state index is 11.1. The van der Waals surface area contributed by atoms with Gasteiger partial charge in [0.15, 0.2) is 0 Å². The molecule has 0 saturated carbocycles. The van der Waals surface area contributed by atoms with Crippen LogP contribution >= 0.6 is 11.8 Å². The lowest BCUT2D eigenvalue weighted by atomic mass is 10.1. The molecule has 3 nitrogen and oxygen atoms in total. The van der Waals surface area contributed by atoms with Gasteiger partial charge in [-0.1, -0.05) is 24.3 Å². The van der Waals surface area contributed by atoms with Gasteiger partial charge >= 0.3 is 5.97 Å². The highest BCUT2D eigenvalue weighted by molar-refractivity contribution is 7.99. The average molecular weight is 302 g/mol. The molecule has 0 bridgehead atoms. The van der Waals surface area contributed by atoms with E-state index in [9.17, 15) is 4.79 Å². The number of hydrogen-bond acceptors (Lipinski definition) is 3. The molecule has 0 aromatic heterocycles. The van der Waals surface area contributed by atoms with Gasteiger partial charge in [-0.05, 0) is 43.2 Å². The first kappa shape index (κ1) is 15.4. The van der Waals surface area contributed by atoms with Crippen LogP contribution < -0.4 is 4.74 Å². The molecule has 2 aromatic carbocycles. The number of carboxylic acids is 1. The van der Waals surface area contributed by atoms with E-state index in [0.717, 1.165) is 27.5 Å². The van der Waals surface area contributed by atoms with Crippen molar-refractivity contribution < 1.29 is 14.6 Å². The molecule has 0 radical (unpaired) electrons. The summed E-state index contributed by atoms with van der Waals surface area (Å²) < 4.78 is 5.72. The van der Waals surface area contributed by atoms with E-state index >= 15 is 0 Å². The Morgan fingerprint density at radius 2 is 1.90 bits per heavy atom. The van der Waals surface area contributed by atoms with Gasteiger partial charge < -0.3 is 9.84 Å². The summed E-state index contributed by atoms with van der Waals surface area (Å²) in [5.74, 6) is 0.788. The van der Waals surface area contributed by atoms with Crippen LogP contribution in [0, 0.1) is 13.8 Å². The Morgan fingerprint density at radius 1 is 1.14 bits per heavy atom. The van der Waals surface area contributed by atoms with E-state index in [1.54, 1.807) is 24.8 Å². The lowest BCUT2D eigenvalue weighted by molar-refractivity contribution is 0.0696. The second kappa shape index (κ2) is 7.18. The topological polar surface area (TPSA) is 46.5 Å². The Morgan fingerprint density at radius 3 is 2.62 bits per heavy atom. The normalized spacial score (nSPS) is 10.4. The van der Waals surface area contributed by atoms with Gasteiger partial charge in [0.25, 0.3) is 0 Å². The number of hydrogen-bond donors (Lipinski definition) is 1. The highest BCUT2D eigenvalue weighted by atomic mass is 32.2. The van der Waals surface area contributed by atoms with Gasteiger partial charge in [-0.2, -0.15) is 0 Å². The van der Waals surface area contributed by atoms with E-state index in [0.29, 0.717) is 12.2 Å². The summed E-state index contributed by atoms with van der Waals surface area (Å²) in [4.78, 5) is 12.0. The van der Waals surface area contributed by atoms with Crippen molar-refractivity contribution in [2.24, 2.45) is 0 Å². The molecule has 21 heavy (non-hydrogen) atoms. The number of thioether (sulfide) groups is 1. The Labute approximate surface area is 129 Å². The first-order valence-electron chi connectivity index (χ1n) is 6.73. The quantitative estimate of drug-likeness (QED) is 0.642.